The summed E-state index contributed by atoms with van der Waals surface area (Å²) in [4.78, 5) is 12.8. The van der Waals surface area contributed by atoms with Crippen LogP contribution in [0.1, 0.15) is 42.5 Å². The number of aryl methyl sites for hydroxylation is 2. The van der Waals surface area contributed by atoms with E-state index >= 15 is 0 Å². The summed E-state index contributed by atoms with van der Waals surface area (Å²) in [6.45, 7) is 6.61. The van der Waals surface area contributed by atoms with Crippen LogP contribution in [0.3, 0.4) is 0 Å². The van der Waals surface area contributed by atoms with Crippen molar-refractivity contribution in [3.8, 4) is 11.5 Å². The minimum atomic E-state index is -3.76. The van der Waals surface area contributed by atoms with Crippen LogP contribution >= 0.6 is 0 Å². The molecule has 0 radical (unpaired) electrons. The highest BCUT2D eigenvalue weighted by atomic mass is 32.2. The van der Waals surface area contributed by atoms with Gasteiger partial charge >= 0.3 is 0 Å². The molecule has 0 saturated carbocycles. The van der Waals surface area contributed by atoms with Crippen LogP contribution in [0.25, 0.3) is 11.5 Å². The van der Waals surface area contributed by atoms with E-state index in [4.69, 9.17) is 4.42 Å². The summed E-state index contributed by atoms with van der Waals surface area (Å²) < 4.78 is 32.9. The van der Waals surface area contributed by atoms with Gasteiger partial charge in [-0.15, -0.1) is 0 Å². The maximum absolute atomic E-state index is 13.0. The van der Waals surface area contributed by atoms with Crippen molar-refractivity contribution in [3.05, 3.63) is 59.3 Å². The molecule has 170 valence electrons. The first-order chi connectivity index (χ1) is 15.3. The zero-order chi connectivity index (χ0) is 22.9. The van der Waals surface area contributed by atoms with Crippen molar-refractivity contribution in [3.63, 3.8) is 0 Å². The van der Waals surface area contributed by atoms with E-state index in [1.807, 2.05) is 32.9 Å². The SMILES string of the molecule is Cc1ccc([C@H](C)NC(=O)C2CCN(S(=O)(=O)c3ccc(-c4ccn[nH]4)o3)CC2)c(C)c1. The largest absolute Gasteiger partial charge is 0.442 e. The lowest BCUT2D eigenvalue weighted by atomic mass is 9.95. The Kier molecular flexibility index (Phi) is 6.21. The molecule has 1 atom stereocenters. The van der Waals surface area contributed by atoms with Gasteiger partial charge in [0, 0.05) is 25.2 Å². The third-order valence-electron chi connectivity index (χ3n) is 6.02. The van der Waals surface area contributed by atoms with Gasteiger partial charge in [0.2, 0.25) is 11.0 Å². The average molecular weight is 457 g/mol. The molecule has 1 aliphatic rings. The van der Waals surface area contributed by atoms with E-state index in [1.165, 1.54) is 15.9 Å². The van der Waals surface area contributed by atoms with Crippen LogP contribution < -0.4 is 5.32 Å². The van der Waals surface area contributed by atoms with Crippen LogP contribution in [0.2, 0.25) is 0 Å². The minimum Gasteiger partial charge on any atom is -0.442 e. The normalized spacial score (nSPS) is 16.7. The molecule has 2 N–H and O–H groups in total. The Balaban J connectivity index is 1.36. The van der Waals surface area contributed by atoms with Crippen molar-refractivity contribution in [2.24, 2.45) is 5.92 Å². The van der Waals surface area contributed by atoms with Gasteiger partial charge in [-0.25, -0.2) is 8.42 Å². The van der Waals surface area contributed by atoms with Crippen molar-refractivity contribution >= 4 is 15.9 Å². The molecule has 2 aromatic heterocycles. The van der Waals surface area contributed by atoms with Crippen molar-refractivity contribution < 1.29 is 17.6 Å². The number of benzene rings is 1. The number of amides is 1. The molecule has 8 nitrogen and oxygen atoms in total. The smallest absolute Gasteiger partial charge is 0.276 e. The number of furan rings is 1. The first kappa shape index (κ1) is 22.3. The molecule has 3 aromatic rings. The number of nitrogens with one attached hydrogen (secondary N) is 2. The molecule has 1 aromatic carbocycles. The molecule has 32 heavy (non-hydrogen) atoms. The van der Waals surface area contributed by atoms with E-state index in [0.29, 0.717) is 24.3 Å². The number of hydrogen-bond donors (Lipinski definition) is 2. The second-order valence-corrected chi connectivity index (χ2v) is 10.2. The fourth-order valence-corrected chi connectivity index (χ4v) is 5.58. The highest BCUT2D eigenvalue weighted by Crippen LogP contribution is 2.28. The monoisotopic (exact) mass is 456 g/mol. The number of H-pyrrole nitrogens is 1. The number of aromatic nitrogens is 2. The highest BCUT2D eigenvalue weighted by molar-refractivity contribution is 7.89. The molecule has 1 saturated heterocycles. The number of hydrogen-bond acceptors (Lipinski definition) is 5. The maximum atomic E-state index is 13.0. The van der Waals surface area contributed by atoms with Crippen LogP contribution in [0.5, 0.6) is 0 Å². The molecule has 4 rings (SSSR count). The molecular formula is C23H28N4O4S. The van der Waals surface area contributed by atoms with Crippen LogP contribution in [0.15, 0.2) is 52.1 Å². The van der Waals surface area contributed by atoms with Crippen LogP contribution in [-0.4, -0.2) is 41.9 Å². The molecule has 9 heteroatoms. The van der Waals surface area contributed by atoms with Gasteiger partial charge in [-0.05, 0) is 62.9 Å². The van der Waals surface area contributed by atoms with Crippen LogP contribution in [0.4, 0.5) is 0 Å². The molecule has 0 aliphatic carbocycles. The van der Waals surface area contributed by atoms with Crippen molar-refractivity contribution in [2.75, 3.05) is 13.1 Å². The predicted octanol–water partition coefficient (Wildman–Crippen LogP) is 3.56. The summed E-state index contributed by atoms with van der Waals surface area (Å²) in [7, 11) is -3.76. The summed E-state index contributed by atoms with van der Waals surface area (Å²) in [5, 5.41) is 9.60. The Hall–Kier alpha value is -2.91. The van der Waals surface area contributed by atoms with Gasteiger partial charge in [0.15, 0.2) is 5.76 Å². The topological polar surface area (TPSA) is 108 Å². The molecule has 3 heterocycles. The second kappa shape index (κ2) is 8.91. The van der Waals surface area contributed by atoms with E-state index in [1.54, 1.807) is 18.3 Å². The number of carbonyl (C=O) groups is 1. The highest BCUT2D eigenvalue weighted by Gasteiger charge is 2.34. The number of aromatic amines is 1. The van der Waals surface area contributed by atoms with Crippen molar-refractivity contribution in [1.82, 2.24) is 19.8 Å². The van der Waals surface area contributed by atoms with Gasteiger partial charge in [0.25, 0.3) is 10.0 Å². The Labute approximate surface area is 188 Å². The first-order valence-electron chi connectivity index (χ1n) is 10.7. The Morgan fingerprint density at radius 1 is 1.19 bits per heavy atom. The fraction of sp³-hybridized carbons (Fsp3) is 0.391. The van der Waals surface area contributed by atoms with Gasteiger partial charge in [-0.3, -0.25) is 9.89 Å². The summed E-state index contributed by atoms with van der Waals surface area (Å²) >= 11 is 0. The molecule has 1 fully saturated rings. The van der Waals surface area contributed by atoms with E-state index < -0.39 is 10.0 Å². The van der Waals surface area contributed by atoms with Gasteiger partial charge in [0.05, 0.1) is 6.04 Å². The Morgan fingerprint density at radius 3 is 2.59 bits per heavy atom. The standard InChI is InChI=1S/C23H28N4O4S/c1-15-4-5-19(16(2)14-15)17(3)25-23(28)18-9-12-27(13-10-18)32(29,30)22-7-6-21(31-22)20-8-11-24-26-20/h4-8,11,14,17-18H,9-10,12-13H2,1-3H3,(H,24,26)(H,25,28)/t17-/m0/s1. The average Bonchev–Trinajstić information content (AvgIpc) is 3.46. The van der Waals surface area contributed by atoms with Crippen molar-refractivity contribution in [1.29, 1.82) is 0 Å². The predicted molar refractivity (Wildman–Crippen MR) is 120 cm³/mol. The van der Waals surface area contributed by atoms with Crippen LogP contribution in [0, 0.1) is 19.8 Å². The van der Waals surface area contributed by atoms with E-state index in [2.05, 4.69) is 21.6 Å². The summed E-state index contributed by atoms with van der Waals surface area (Å²) in [5.41, 5.74) is 4.04. The van der Waals surface area contributed by atoms with E-state index in [9.17, 15) is 13.2 Å². The second-order valence-electron chi connectivity index (χ2n) is 8.36. The number of nitrogens with zero attached hydrogens (tertiary/aromatic N) is 2. The van der Waals surface area contributed by atoms with Crippen LogP contribution in [-0.2, 0) is 14.8 Å². The molecule has 1 amide bonds. The molecule has 0 spiro atoms. The third-order valence-corrected chi connectivity index (χ3v) is 7.79. The number of piperidine rings is 1. The summed E-state index contributed by atoms with van der Waals surface area (Å²) in [6, 6.07) is 10.9. The number of rotatable bonds is 6. The van der Waals surface area contributed by atoms with Gasteiger partial charge in [-0.1, -0.05) is 23.8 Å². The van der Waals surface area contributed by atoms with Crippen molar-refractivity contribution in [2.45, 2.75) is 44.7 Å². The molecular weight excluding hydrogens is 428 g/mol. The number of sulfonamides is 1. The lowest BCUT2D eigenvalue weighted by molar-refractivity contribution is -0.126. The Morgan fingerprint density at radius 2 is 1.94 bits per heavy atom. The summed E-state index contributed by atoms with van der Waals surface area (Å²) in [6.07, 6.45) is 2.51. The van der Waals surface area contributed by atoms with Gasteiger partial charge < -0.3 is 9.73 Å². The van der Waals surface area contributed by atoms with Gasteiger partial charge in [0.1, 0.15) is 5.69 Å². The zero-order valence-electron chi connectivity index (χ0n) is 18.5. The lowest BCUT2D eigenvalue weighted by Gasteiger charge is -2.30. The number of carbonyl (C=O) groups excluding carboxylic acids is 1. The third kappa shape index (κ3) is 4.49. The summed E-state index contributed by atoms with van der Waals surface area (Å²) in [5.74, 6) is 0.164. The van der Waals surface area contributed by atoms with Gasteiger partial charge in [-0.2, -0.15) is 9.40 Å². The minimum absolute atomic E-state index is 0.0333. The Bertz CT molecular complexity index is 1190. The quantitative estimate of drug-likeness (QED) is 0.590. The fourth-order valence-electron chi connectivity index (χ4n) is 4.20. The lowest BCUT2D eigenvalue weighted by Crippen LogP contribution is -2.43. The molecule has 0 bridgehead atoms. The van der Waals surface area contributed by atoms with E-state index in [-0.39, 0.29) is 36.0 Å². The maximum Gasteiger partial charge on any atom is 0.276 e. The molecule has 0 unspecified atom stereocenters. The first-order valence-corrected chi connectivity index (χ1v) is 12.2. The zero-order valence-corrected chi connectivity index (χ0v) is 19.3. The van der Waals surface area contributed by atoms with E-state index in [0.717, 1.165) is 11.1 Å². The molecule has 1 aliphatic heterocycles.